The summed E-state index contributed by atoms with van der Waals surface area (Å²) in [5, 5.41) is 19.6. The Morgan fingerprint density at radius 1 is 1.32 bits per heavy atom. The second kappa shape index (κ2) is 6.36. The van der Waals surface area contributed by atoms with E-state index in [0.717, 1.165) is 18.4 Å². The summed E-state index contributed by atoms with van der Waals surface area (Å²) in [6.07, 6.45) is 1.66. The third-order valence-electron chi connectivity index (χ3n) is 5.05. The summed E-state index contributed by atoms with van der Waals surface area (Å²) in [6.45, 7) is -0.259. The van der Waals surface area contributed by atoms with Gasteiger partial charge in [-0.15, -0.1) is 0 Å². The van der Waals surface area contributed by atoms with Gasteiger partial charge in [0.2, 0.25) is 0 Å². The van der Waals surface area contributed by atoms with Gasteiger partial charge in [-0.1, -0.05) is 30.3 Å². The lowest BCUT2D eigenvalue weighted by Crippen LogP contribution is -2.45. The van der Waals surface area contributed by atoms with E-state index in [1.54, 1.807) is 0 Å². The van der Waals surface area contributed by atoms with E-state index in [1.165, 1.54) is 0 Å². The highest BCUT2D eigenvalue weighted by Gasteiger charge is 2.45. The standard InChI is InChI=1S/C17H23NO4/c1-18-12-7-13(9-15(18)16(20)8-12)22-17(21)14(10-19)11-5-3-2-4-6-11/h2-6,12-16,19-20H,7-10H2,1H3/t12-,13+,14?,15+,16-/m1/s1. The Morgan fingerprint density at radius 3 is 2.68 bits per heavy atom. The Morgan fingerprint density at radius 2 is 2.05 bits per heavy atom. The minimum atomic E-state index is -0.636. The van der Waals surface area contributed by atoms with Gasteiger partial charge in [-0.05, 0) is 19.0 Å². The molecule has 0 aliphatic carbocycles. The van der Waals surface area contributed by atoms with E-state index < -0.39 is 5.92 Å². The summed E-state index contributed by atoms with van der Waals surface area (Å²) in [5.41, 5.74) is 0.769. The topological polar surface area (TPSA) is 70.0 Å². The third kappa shape index (κ3) is 2.89. The first kappa shape index (κ1) is 15.5. The van der Waals surface area contributed by atoms with Gasteiger partial charge >= 0.3 is 5.97 Å². The molecule has 2 N–H and O–H groups in total. The van der Waals surface area contributed by atoms with Crippen LogP contribution in [0.25, 0.3) is 0 Å². The highest BCUT2D eigenvalue weighted by molar-refractivity contribution is 5.78. The van der Waals surface area contributed by atoms with Gasteiger partial charge in [-0.2, -0.15) is 0 Å². The molecule has 0 aromatic heterocycles. The van der Waals surface area contributed by atoms with Gasteiger partial charge < -0.3 is 14.9 Å². The Balaban J connectivity index is 1.65. The van der Waals surface area contributed by atoms with E-state index >= 15 is 0 Å². The molecule has 1 unspecified atom stereocenters. The molecular weight excluding hydrogens is 282 g/mol. The largest absolute Gasteiger partial charge is 0.462 e. The molecule has 5 atom stereocenters. The van der Waals surface area contributed by atoms with Crippen LogP contribution in [0.1, 0.15) is 30.7 Å². The summed E-state index contributed by atoms with van der Waals surface area (Å²) in [6, 6.07) is 9.56. The van der Waals surface area contributed by atoms with Crippen LogP contribution in [-0.4, -0.2) is 59.0 Å². The van der Waals surface area contributed by atoms with Gasteiger partial charge in [-0.3, -0.25) is 9.69 Å². The lowest BCUT2D eigenvalue weighted by atomic mass is 9.98. The molecule has 3 rings (SSSR count). The van der Waals surface area contributed by atoms with Gasteiger partial charge in [0.1, 0.15) is 12.0 Å². The number of carbonyl (C=O) groups excluding carboxylic acids is 1. The molecule has 1 aromatic rings. The molecule has 2 saturated heterocycles. The van der Waals surface area contributed by atoms with Crippen molar-refractivity contribution in [2.75, 3.05) is 13.7 Å². The number of benzene rings is 1. The Labute approximate surface area is 130 Å². The molecule has 120 valence electrons. The molecule has 2 fully saturated rings. The van der Waals surface area contributed by atoms with Crippen molar-refractivity contribution < 1.29 is 19.7 Å². The highest BCUT2D eigenvalue weighted by atomic mass is 16.5. The fourth-order valence-electron chi connectivity index (χ4n) is 3.74. The van der Waals surface area contributed by atoms with Crippen LogP contribution in [0.5, 0.6) is 0 Å². The number of ether oxygens (including phenoxy) is 1. The maximum absolute atomic E-state index is 12.4. The third-order valence-corrected chi connectivity index (χ3v) is 5.05. The van der Waals surface area contributed by atoms with Crippen LogP contribution in [0, 0.1) is 0 Å². The van der Waals surface area contributed by atoms with Gasteiger partial charge in [0.25, 0.3) is 0 Å². The minimum absolute atomic E-state index is 0.0702. The molecule has 1 aromatic carbocycles. The quantitative estimate of drug-likeness (QED) is 0.809. The van der Waals surface area contributed by atoms with E-state index in [-0.39, 0.29) is 36.9 Å². The average Bonchev–Trinajstić information content (AvgIpc) is 2.68. The smallest absolute Gasteiger partial charge is 0.316 e. The van der Waals surface area contributed by atoms with Crippen molar-refractivity contribution in [3.05, 3.63) is 35.9 Å². The summed E-state index contributed by atoms with van der Waals surface area (Å²) < 4.78 is 5.64. The van der Waals surface area contributed by atoms with Crippen LogP contribution in [0.4, 0.5) is 0 Å². The first-order valence-corrected chi connectivity index (χ1v) is 7.86. The van der Waals surface area contributed by atoms with Gasteiger partial charge in [0, 0.05) is 24.9 Å². The number of hydrogen-bond acceptors (Lipinski definition) is 5. The molecular formula is C17H23NO4. The number of nitrogens with zero attached hydrogens (tertiary/aromatic N) is 1. The van der Waals surface area contributed by atoms with Crippen molar-refractivity contribution in [3.8, 4) is 0 Å². The summed E-state index contributed by atoms with van der Waals surface area (Å²) in [5.74, 6) is -1.01. The number of piperidine rings is 1. The Kier molecular flexibility index (Phi) is 4.47. The van der Waals surface area contributed by atoms with Crippen molar-refractivity contribution in [1.82, 2.24) is 4.90 Å². The van der Waals surface area contributed by atoms with Crippen LogP contribution >= 0.6 is 0 Å². The second-order valence-corrected chi connectivity index (χ2v) is 6.37. The van der Waals surface area contributed by atoms with Crippen LogP contribution in [0.15, 0.2) is 30.3 Å². The van der Waals surface area contributed by atoms with E-state index in [1.807, 2.05) is 37.4 Å². The molecule has 2 aliphatic rings. The van der Waals surface area contributed by atoms with E-state index in [2.05, 4.69) is 4.90 Å². The van der Waals surface area contributed by atoms with E-state index in [0.29, 0.717) is 6.42 Å². The van der Waals surface area contributed by atoms with Crippen molar-refractivity contribution in [1.29, 1.82) is 0 Å². The number of carbonyl (C=O) groups is 1. The molecule has 2 aliphatic heterocycles. The van der Waals surface area contributed by atoms with E-state index in [4.69, 9.17) is 4.74 Å². The van der Waals surface area contributed by atoms with Crippen molar-refractivity contribution in [2.45, 2.75) is 49.5 Å². The Bertz CT molecular complexity index is 521. The lowest BCUT2D eigenvalue weighted by Gasteiger charge is -2.36. The molecule has 2 heterocycles. The zero-order valence-corrected chi connectivity index (χ0v) is 12.8. The summed E-state index contributed by atoms with van der Waals surface area (Å²) >= 11 is 0. The molecule has 0 saturated carbocycles. The van der Waals surface area contributed by atoms with Crippen molar-refractivity contribution in [2.24, 2.45) is 0 Å². The first-order chi connectivity index (χ1) is 10.6. The monoisotopic (exact) mass is 305 g/mol. The predicted octanol–water partition coefficient (Wildman–Crippen LogP) is 0.902. The molecule has 0 spiro atoms. The second-order valence-electron chi connectivity index (χ2n) is 6.37. The van der Waals surface area contributed by atoms with E-state index in [9.17, 15) is 15.0 Å². The van der Waals surface area contributed by atoms with Gasteiger partial charge in [0.05, 0.1) is 12.7 Å². The summed E-state index contributed by atoms with van der Waals surface area (Å²) in [4.78, 5) is 14.6. The number of rotatable bonds is 4. The van der Waals surface area contributed by atoms with Crippen molar-refractivity contribution >= 4 is 5.97 Å². The molecule has 0 radical (unpaired) electrons. The maximum Gasteiger partial charge on any atom is 0.316 e. The molecule has 0 amide bonds. The molecule has 5 nitrogen and oxygen atoms in total. The van der Waals surface area contributed by atoms with Crippen LogP contribution < -0.4 is 0 Å². The number of esters is 1. The maximum atomic E-state index is 12.4. The normalized spacial score (nSPS) is 32.7. The lowest BCUT2D eigenvalue weighted by molar-refractivity contribution is -0.155. The Hall–Kier alpha value is -1.43. The number of likely N-dealkylation sites (N-methyl/N-ethyl adjacent to an activating group) is 1. The van der Waals surface area contributed by atoms with Crippen molar-refractivity contribution in [3.63, 3.8) is 0 Å². The highest BCUT2D eigenvalue weighted by Crippen LogP contribution is 2.36. The minimum Gasteiger partial charge on any atom is -0.462 e. The number of fused-ring (bicyclic) bond motifs is 2. The predicted molar refractivity (Wildman–Crippen MR) is 81.3 cm³/mol. The molecule has 22 heavy (non-hydrogen) atoms. The number of aliphatic hydroxyl groups is 2. The zero-order valence-electron chi connectivity index (χ0n) is 12.8. The molecule has 2 bridgehead atoms. The van der Waals surface area contributed by atoms with Crippen LogP contribution in [0.2, 0.25) is 0 Å². The first-order valence-electron chi connectivity index (χ1n) is 7.86. The van der Waals surface area contributed by atoms with Gasteiger partial charge in [-0.25, -0.2) is 0 Å². The van der Waals surface area contributed by atoms with Crippen LogP contribution in [0.3, 0.4) is 0 Å². The zero-order chi connectivity index (χ0) is 15.7. The SMILES string of the molecule is CN1[C@@H]2C[C@H](OC(=O)C(CO)c3ccccc3)C[C@H]1[C@H](O)C2. The fourth-order valence-corrected chi connectivity index (χ4v) is 3.74. The summed E-state index contributed by atoms with van der Waals surface area (Å²) in [7, 11) is 2.02. The van der Waals surface area contributed by atoms with Gasteiger partial charge in [0.15, 0.2) is 0 Å². The number of hydrogen-bond donors (Lipinski definition) is 2. The fraction of sp³-hybridized carbons (Fsp3) is 0.588. The molecule has 5 heteroatoms. The van der Waals surface area contributed by atoms with Crippen LogP contribution in [-0.2, 0) is 9.53 Å². The number of aliphatic hydroxyl groups excluding tert-OH is 2. The average molecular weight is 305 g/mol.